The SMILES string of the molecule is O=C(CNc1ccc(OC(F)(F)F)cc1)c1cc(NC(=O)C2C(c3cc(Cl)cc(Cl)c3)C2(Cl)Cl)ccc1Cl. The van der Waals surface area contributed by atoms with Crippen molar-refractivity contribution < 1.29 is 27.5 Å². The van der Waals surface area contributed by atoms with Crippen LogP contribution in [0.15, 0.2) is 60.7 Å². The maximum absolute atomic E-state index is 13.0. The van der Waals surface area contributed by atoms with Gasteiger partial charge in [-0.25, -0.2) is 0 Å². The maximum Gasteiger partial charge on any atom is 0.573 e. The van der Waals surface area contributed by atoms with E-state index < -0.39 is 40.0 Å². The first-order chi connectivity index (χ1) is 17.7. The average Bonchev–Trinajstić information content (AvgIpc) is 3.40. The van der Waals surface area contributed by atoms with Crippen molar-refractivity contribution in [1.82, 2.24) is 0 Å². The molecule has 0 saturated heterocycles. The lowest BCUT2D eigenvalue weighted by Gasteiger charge is -2.11. The van der Waals surface area contributed by atoms with E-state index in [9.17, 15) is 22.8 Å². The summed E-state index contributed by atoms with van der Waals surface area (Å²) in [6, 6.07) is 14.1. The Morgan fingerprint density at radius 1 is 0.895 bits per heavy atom. The van der Waals surface area contributed by atoms with Crippen LogP contribution in [-0.2, 0) is 4.79 Å². The number of amides is 1. The van der Waals surface area contributed by atoms with E-state index >= 15 is 0 Å². The first-order valence-electron chi connectivity index (χ1n) is 10.8. The number of halogens is 8. The summed E-state index contributed by atoms with van der Waals surface area (Å²) in [6.45, 7) is -0.219. The number of carbonyl (C=O) groups excluding carboxylic acids is 2. The molecule has 1 aliphatic carbocycles. The fourth-order valence-corrected chi connectivity index (χ4v) is 5.51. The van der Waals surface area contributed by atoms with Crippen molar-refractivity contribution >= 4 is 81.1 Å². The monoisotopic (exact) mass is 624 g/mol. The van der Waals surface area contributed by atoms with E-state index in [1.54, 1.807) is 18.2 Å². The van der Waals surface area contributed by atoms with Gasteiger partial charge in [-0.05, 0) is 66.2 Å². The third kappa shape index (κ3) is 6.79. The zero-order valence-electron chi connectivity index (χ0n) is 18.9. The van der Waals surface area contributed by atoms with E-state index in [0.717, 1.165) is 12.1 Å². The van der Waals surface area contributed by atoms with Gasteiger partial charge < -0.3 is 15.4 Å². The van der Waals surface area contributed by atoms with Crippen LogP contribution in [0.4, 0.5) is 24.5 Å². The Kier molecular flexibility index (Phi) is 8.31. The number of carbonyl (C=O) groups is 2. The summed E-state index contributed by atoms with van der Waals surface area (Å²) in [5.41, 5.74) is 1.40. The molecule has 3 aromatic carbocycles. The van der Waals surface area contributed by atoms with Gasteiger partial charge in [0.15, 0.2) is 5.78 Å². The lowest BCUT2D eigenvalue weighted by Crippen LogP contribution is -2.18. The van der Waals surface area contributed by atoms with Gasteiger partial charge in [0.2, 0.25) is 5.91 Å². The second-order valence-corrected chi connectivity index (χ2v) is 11.1. The fraction of sp³-hybridized carbons (Fsp3) is 0.200. The highest BCUT2D eigenvalue weighted by Gasteiger charge is 2.67. The molecular weight excluding hydrogens is 611 g/mol. The molecule has 1 amide bonds. The van der Waals surface area contributed by atoms with Crippen molar-refractivity contribution in [3.63, 3.8) is 0 Å². The summed E-state index contributed by atoms with van der Waals surface area (Å²) >= 11 is 31.1. The Balaban J connectivity index is 1.41. The second kappa shape index (κ2) is 11.0. The molecule has 0 radical (unpaired) electrons. The molecule has 0 bridgehead atoms. The number of Topliss-reactive ketones (excluding diaryl/α,β-unsaturated/α-hetero) is 1. The predicted octanol–water partition coefficient (Wildman–Crippen LogP) is 8.37. The van der Waals surface area contributed by atoms with Crippen LogP contribution in [0.2, 0.25) is 15.1 Å². The molecule has 4 rings (SSSR count). The van der Waals surface area contributed by atoms with Crippen LogP contribution < -0.4 is 15.4 Å². The number of hydrogen-bond donors (Lipinski definition) is 2. The van der Waals surface area contributed by atoms with Crippen LogP contribution in [0.5, 0.6) is 5.75 Å². The molecular formula is C25H16Cl5F3N2O3. The highest BCUT2D eigenvalue weighted by atomic mass is 35.5. The van der Waals surface area contributed by atoms with E-state index in [4.69, 9.17) is 58.0 Å². The Hall–Kier alpha value is -2.36. The summed E-state index contributed by atoms with van der Waals surface area (Å²) in [5.74, 6) is -2.65. The van der Waals surface area contributed by atoms with E-state index in [1.165, 1.54) is 30.3 Å². The number of alkyl halides is 5. The highest BCUT2D eigenvalue weighted by molar-refractivity contribution is 6.53. The zero-order valence-corrected chi connectivity index (χ0v) is 22.7. The molecule has 3 aromatic rings. The van der Waals surface area contributed by atoms with E-state index in [0.29, 0.717) is 21.3 Å². The van der Waals surface area contributed by atoms with Crippen molar-refractivity contribution in [2.24, 2.45) is 5.92 Å². The molecule has 1 fully saturated rings. The van der Waals surface area contributed by atoms with Gasteiger partial charge in [0.25, 0.3) is 0 Å². The molecule has 2 unspecified atom stereocenters. The van der Waals surface area contributed by atoms with Crippen molar-refractivity contribution in [1.29, 1.82) is 0 Å². The zero-order chi connectivity index (χ0) is 27.8. The van der Waals surface area contributed by atoms with Crippen molar-refractivity contribution in [2.75, 3.05) is 17.2 Å². The number of ketones is 1. The lowest BCUT2D eigenvalue weighted by molar-refractivity contribution is -0.274. The minimum atomic E-state index is -4.81. The smallest absolute Gasteiger partial charge is 0.406 e. The molecule has 38 heavy (non-hydrogen) atoms. The van der Waals surface area contributed by atoms with Crippen molar-refractivity contribution in [3.8, 4) is 5.75 Å². The Bertz CT molecular complexity index is 1360. The number of ether oxygens (including phenoxy) is 1. The van der Waals surface area contributed by atoms with E-state index in [2.05, 4.69) is 15.4 Å². The van der Waals surface area contributed by atoms with Crippen LogP contribution in [-0.4, -0.2) is 28.9 Å². The van der Waals surface area contributed by atoms with Crippen LogP contribution in [0, 0.1) is 5.92 Å². The van der Waals surface area contributed by atoms with Gasteiger partial charge in [0.05, 0.1) is 17.5 Å². The molecule has 0 aromatic heterocycles. The first-order valence-corrected chi connectivity index (χ1v) is 12.7. The fourth-order valence-electron chi connectivity index (χ4n) is 3.91. The molecule has 0 aliphatic heterocycles. The minimum absolute atomic E-state index is 0.117. The molecule has 1 saturated carbocycles. The number of benzene rings is 3. The summed E-state index contributed by atoms with van der Waals surface area (Å²) in [5, 5.41) is 6.40. The third-order valence-electron chi connectivity index (χ3n) is 5.66. The summed E-state index contributed by atoms with van der Waals surface area (Å²) in [6.07, 6.45) is -4.81. The predicted molar refractivity (Wildman–Crippen MR) is 143 cm³/mol. The highest BCUT2D eigenvalue weighted by Crippen LogP contribution is 2.65. The molecule has 5 nitrogen and oxygen atoms in total. The van der Waals surface area contributed by atoms with Crippen molar-refractivity contribution in [3.05, 3.63) is 86.9 Å². The molecule has 13 heteroatoms. The first kappa shape index (κ1) is 28.6. The quantitative estimate of drug-likeness (QED) is 0.195. The van der Waals surface area contributed by atoms with Crippen molar-refractivity contribution in [2.45, 2.75) is 16.6 Å². The molecule has 2 N–H and O–H groups in total. The summed E-state index contributed by atoms with van der Waals surface area (Å²) in [4.78, 5) is 25.8. The standard InChI is InChI=1S/C25H16Cl5F3N2O3/c26-13-7-12(8-14(27)9-13)21-22(24(21,29)30)23(37)35-16-3-6-19(28)18(10-16)20(36)11-34-15-1-4-17(5-2-15)38-25(31,32)33/h1-10,21-22,34H,11H2,(H,35,37). The molecule has 1 aliphatic rings. The van der Waals surface area contributed by atoms with Gasteiger partial charge in [-0.1, -0.05) is 34.8 Å². The Morgan fingerprint density at radius 3 is 2.11 bits per heavy atom. The summed E-state index contributed by atoms with van der Waals surface area (Å²) in [7, 11) is 0. The van der Waals surface area contributed by atoms with Gasteiger partial charge in [-0.15, -0.1) is 36.4 Å². The third-order valence-corrected chi connectivity index (χ3v) is 7.36. The number of rotatable bonds is 8. The van der Waals surface area contributed by atoms with Gasteiger partial charge in [-0.2, -0.15) is 0 Å². The van der Waals surface area contributed by atoms with Gasteiger partial charge in [-0.3, -0.25) is 9.59 Å². The van der Waals surface area contributed by atoms with Gasteiger partial charge >= 0.3 is 6.36 Å². The Morgan fingerprint density at radius 2 is 1.50 bits per heavy atom. The maximum atomic E-state index is 13.0. The lowest BCUT2D eigenvalue weighted by atomic mass is 10.1. The van der Waals surface area contributed by atoms with E-state index in [1.807, 2.05) is 0 Å². The number of anilines is 2. The molecule has 200 valence electrons. The van der Waals surface area contributed by atoms with Crippen LogP contribution in [0.1, 0.15) is 21.8 Å². The number of nitrogens with one attached hydrogen (secondary N) is 2. The normalized spacial score (nSPS) is 18.0. The van der Waals surface area contributed by atoms with Crippen LogP contribution >= 0.6 is 58.0 Å². The molecule has 2 atom stereocenters. The average molecular weight is 627 g/mol. The van der Waals surface area contributed by atoms with E-state index in [-0.39, 0.29) is 22.8 Å². The Labute approximate surface area is 240 Å². The molecule has 0 spiro atoms. The summed E-state index contributed by atoms with van der Waals surface area (Å²) < 4.78 is 39.3. The second-order valence-electron chi connectivity index (χ2n) is 8.37. The topological polar surface area (TPSA) is 67.4 Å². The van der Waals surface area contributed by atoms with Gasteiger partial charge in [0.1, 0.15) is 10.1 Å². The molecule has 0 heterocycles. The van der Waals surface area contributed by atoms with Crippen LogP contribution in [0.25, 0.3) is 0 Å². The number of hydrogen-bond acceptors (Lipinski definition) is 4. The largest absolute Gasteiger partial charge is 0.573 e. The minimum Gasteiger partial charge on any atom is -0.406 e. The van der Waals surface area contributed by atoms with Gasteiger partial charge in [0, 0.05) is 32.9 Å². The van der Waals surface area contributed by atoms with Crippen LogP contribution in [0.3, 0.4) is 0 Å².